The number of aromatic nitrogens is 2. The first kappa shape index (κ1) is 14.1. The molecule has 1 atom stereocenters. The Labute approximate surface area is 137 Å². The molecule has 3 aromatic rings. The zero-order valence-electron chi connectivity index (χ0n) is 12.4. The molecule has 0 saturated carbocycles. The van der Waals surface area contributed by atoms with Gasteiger partial charge in [-0.05, 0) is 30.5 Å². The first-order valence-electron chi connectivity index (χ1n) is 7.52. The number of amides is 1. The predicted molar refractivity (Wildman–Crippen MR) is 87.1 cm³/mol. The fraction of sp³-hybridized carbons (Fsp3) is 0.235. The molecule has 0 radical (unpaired) electrons. The highest BCUT2D eigenvalue weighted by Crippen LogP contribution is 2.33. The van der Waals surface area contributed by atoms with Gasteiger partial charge in [0.05, 0.1) is 12.3 Å². The highest BCUT2D eigenvalue weighted by molar-refractivity contribution is 7.13. The van der Waals surface area contributed by atoms with E-state index >= 15 is 0 Å². The Bertz CT molecular complexity index is 798. The van der Waals surface area contributed by atoms with Gasteiger partial charge in [0, 0.05) is 29.9 Å². The van der Waals surface area contributed by atoms with Gasteiger partial charge in [-0.2, -0.15) is 0 Å². The third-order valence-electron chi connectivity index (χ3n) is 4.07. The average molecular weight is 325 g/mol. The maximum atomic E-state index is 12.8. The molecular weight excluding hydrogens is 310 g/mol. The second-order valence-corrected chi connectivity index (χ2v) is 6.35. The molecule has 1 aliphatic rings. The molecule has 1 aliphatic heterocycles. The van der Waals surface area contributed by atoms with Crippen LogP contribution in [0.25, 0.3) is 10.6 Å². The number of carbonyl (C=O) groups excluding carboxylic acids is 1. The van der Waals surface area contributed by atoms with Crippen molar-refractivity contribution in [3.8, 4) is 10.6 Å². The fourth-order valence-electron chi connectivity index (χ4n) is 2.97. The summed E-state index contributed by atoms with van der Waals surface area (Å²) in [6.07, 6.45) is 8.81. The van der Waals surface area contributed by atoms with Gasteiger partial charge >= 0.3 is 0 Å². The van der Waals surface area contributed by atoms with Crippen LogP contribution in [-0.4, -0.2) is 27.3 Å². The maximum Gasteiger partial charge on any atom is 0.273 e. The topological polar surface area (TPSA) is 59.2 Å². The summed E-state index contributed by atoms with van der Waals surface area (Å²) in [6.45, 7) is 0.761. The van der Waals surface area contributed by atoms with Crippen LogP contribution in [0.1, 0.15) is 34.9 Å². The van der Waals surface area contributed by atoms with Crippen molar-refractivity contribution in [2.45, 2.75) is 18.9 Å². The van der Waals surface area contributed by atoms with E-state index in [4.69, 9.17) is 4.42 Å². The van der Waals surface area contributed by atoms with Gasteiger partial charge in [0.15, 0.2) is 0 Å². The van der Waals surface area contributed by atoms with Crippen LogP contribution in [0.15, 0.2) is 52.9 Å². The summed E-state index contributed by atoms with van der Waals surface area (Å²) in [6, 6.07) is 5.88. The predicted octanol–water partition coefficient (Wildman–Crippen LogP) is 3.78. The lowest BCUT2D eigenvalue weighted by Gasteiger charge is -2.24. The summed E-state index contributed by atoms with van der Waals surface area (Å²) in [5.41, 5.74) is 2.49. The molecule has 0 unspecified atom stereocenters. The van der Waals surface area contributed by atoms with E-state index in [2.05, 4.69) is 9.97 Å². The molecule has 4 heterocycles. The Morgan fingerprint density at radius 2 is 2.35 bits per heavy atom. The number of thiazole rings is 1. The van der Waals surface area contributed by atoms with Gasteiger partial charge in [0.2, 0.25) is 0 Å². The Balaban J connectivity index is 1.59. The van der Waals surface area contributed by atoms with Crippen LogP contribution in [0.3, 0.4) is 0 Å². The van der Waals surface area contributed by atoms with Gasteiger partial charge in [-0.1, -0.05) is 6.07 Å². The summed E-state index contributed by atoms with van der Waals surface area (Å²) in [5.74, 6) is -0.0117. The van der Waals surface area contributed by atoms with Gasteiger partial charge in [0.25, 0.3) is 5.91 Å². The number of hydrogen-bond acceptors (Lipinski definition) is 5. The van der Waals surface area contributed by atoms with Crippen LogP contribution < -0.4 is 0 Å². The third kappa shape index (κ3) is 2.66. The van der Waals surface area contributed by atoms with E-state index < -0.39 is 0 Å². The highest BCUT2D eigenvalue weighted by Gasteiger charge is 2.31. The van der Waals surface area contributed by atoms with Crippen molar-refractivity contribution in [1.29, 1.82) is 0 Å². The summed E-state index contributed by atoms with van der Waals surface area (Å²) in [4.78, 5) is 23.4. The van der Waals surface area contributed by atoms with E-state index in [0.29, 0.717) is 5.69 Å². The molecule has 0 aliphatic carbocycles. The molecule has 0 aromatic carbocycles. The Hall–Kier alpha value is -2.47. The highest BCUT2D eigenvalue weighted by atomic mass is 32.1. The maximum absolute atomic E-state index is 12.8. The van der Waals surface area contributed by atoms with Crippen molar-refractivity contribution in [2.24, 2.45) is 0 Å². The molecule has 0 bridgehead atoms. The summed E-state index contributed by atoms with van der Waals surface area (Å²) in [5, 5.41) is 2.63. The number of furan rings is 1. The Morgan fingerprint density at radius 1 is 1.39 bits per heavy atom. The number of carbonyl (C=O) groups is 1. The lowest BCUT2D eigenvalue weighted by atomic mass is 10.1. The number of rotatable bonds is 3. The first-order valence-corrected chi connectivity index (χ1v) is 8.40. The van der Waals surface area contributed by atoms with E-state index in [0.717, 1.165) is 35.5 Å². The van der Waals surface area contributed by atoms with Crippen molar-refractivity contribution < 1.29 is 9.21 Å². The van der Waals surface area contributed by atoms with E-state index in [-0.39, 0.29) is 11.9 Å². The van der Waals surface area contributed by atoms with Crippen LogP contribution in [0.5, 0.6) is 0 Å². The van der Waals surface area contributed by atoms with E-state index in [1.807, 2.05) is 34.7 Å². The van der Waals surface area contributed by atoms with Crippen molar-refractivity contribution in [3.05, 3.63) is 59.8 Å². The van der Waals surface area contributed by atoms with Gasteiger partial charge in [-0.15, -0.1) is 11.3 Å². The average Bonchev–Trinajstić information content (AvgIpc) is 3.35. The summed E-state index contributed by atoms with van der Waals surface area (Å²) in [7, 11) is 0. The molecule has 6 heteroatoms. The van der Waals surface area contributed by atoms with Crippen LogP contribution >= 0.6 is 11.3 Å². The molecular formula is C17H15N3O2S. The van der Waals surface area contributed by atoms with Gasteiger partial charge < -0.3 is 9.32 Å². The van der Waals surface area contributed by atoms with E-state index in [1.54, 1.807) is 18.7 Å². The largest absolute Gasteiger partial charge is 0.472 e. The quantitative estimate of drug-likeness (QED) is 0.735. The van der Waals surface area contributed by atoms with Gasteiger partial charge in [0.1, 0.15) is 17.0 Å². The second-order valence-electron chi connectivity index (χ2n) is 5.49. The number of nitrogens with zero attached hydrogens (tertiary/aromatic N) is 3. The number of pyridine rings is 1. The summed E-state index contributed by atoms with van der Waals surface area (Å²) < 4.78 is 5.08. The molecule has 116 valence electrons. The zero-order chi connectivity index (χ0) is 15.6. The number of hydrogen-bond donors (Lipinski definition) is 0. The van der Waals surface area contributed by atoms with Crippen LogP contribution in [-0.2, 0) is 0 Å². The van der Waals surface area contributed by atoms with Crippen molar-refractivity contribution in [3.63, 3.8) is 0 Å². The van der Waals surface area contributed by atoms with Crippen LogP contribution in [0, 0.1) is 0 Å². The summed E-state index contributed by atoms with van der Waals surface area (Å²) >= 11 is 1.46. The molecule has 1 fully saturated rings. The minimum Gasteiger partial charge on any atom is -0.472 e. The zero-order valence-corrected chi connectivity index (χ0v) is 13.2. The minimum atomic E-state index is -0.0117. The van der Waals surface area contributed by atoms with Gasteiger partial charge in [-0.3, -0.25) is 9.78 Å². The first-order chi connectivity index (χ1) is 11.3. The lowest BCUT2D eigenvalue weighted by molar-refractivity contribution is 0.0730. The molecule has 0 N–H and O–H groups in total. The van der Waals surface area contributed by atoms with Gasteiger partial charge in [-0.25, -0.2) is 4.98 Å². The fourth-order valence-corrected chi connectivity index (χ4v) is 3.75. The Morgan fingerprint density at radius 3 is 3.13 bits per heavy atom. The SMILES string of the molecule is O=C(c1csc(-c2ccoc2)n1)N1CCC[C@@H]1c1cccnc1. The molecule has 1 amide bonds. The van der Waals surface area contributed by atoms with E-state index in [9.17, 15) is 4.79 Å². The van der Waals surface area contributed by atoms with Crippen molar-refractivity contribution in [2.75, 3.05) is 6.54 Å². The normalized spacial score (nSPS) is 17.6. The molecule has 5 nitrogen and oxygen atoms in total. The monoisotopic (exact) mass is 325 g/mol. The molecule has 0 spiro atoms. The standard InChI is InChI=1S/C17H15N3O2S/c21-17(14-11-23-16(19-14)13-5-8-22-10-13)20-7-2-4-15(20)12-3-1-6-18-9-12/h1,3,5-6,8-11,15H,2,4,7H2/t15-/m1/s1. The third-order valence-corrected chi connectivity index (χ3v) is 4.97. The van der Waals surface area contributed by atoms with Crippen LogP contribution in [0.4, 0.5) is 0 Å². The van der Waals surface area contributed by atoms with E-state index in [1.165, 1.54) is 11.3 Å². The molecule has 23 heavy (non-hydrogen) atoms. The molecule has 1 saturated heterocycles. The smallest absolute Gasteiger partial charge is 0.273 e. The van der Waals surface area contributed by atoms with Crippen molar-refractivity contribution in [1.82, 2.24) is 14.9 Å². The van der Waals surface area contributed by atoms with Crippen LogP contribution in [0.2, 0.25) is 0 Å². The molecule has 4 rings (SSSR count). The molecule has 3 aromatic heterocycles. The van der Waals surface area contributed by atoms with Crippen molar-refractivity contribution >= 4 is 17.2 Å². The Kier molecular flexibility index (Phi) is 3.67. The lowest BCUT2D eigenvalue weighted by Crippen LogP contribution is -2.30. The minimum absolute atomic E-state index is 0.0117. The second kappa shape index (κ2) is 5.96. The number of likely N-dealkylation sites (tertiary alicyclic amines) is 1.